The van der Waals surface area contributed by atoms with Crippen LogP contribution in [0.5, 0.6) is 11.5 Å². The van der Waals surface area contributed by atoms with Crippen molar-refractivity contribution in [2.75, 3.05) is 39.6 Å². The second-order valence-electron chi connectivity index (χ2n) is 10.7. The van der Waals surface area contributed by atoms with Gasteiger partial charge < -0.3 is 18.9 Å². The minimum atomic E-state index is -0.536. The normalized spacial score (nSPS) is 12.5. The molecule has 1 aliphatic rings. The van der Waals surface area contributed by atoms with Gasteiger partial charge in [0.2, 0.25) is 0 Å². The number of fused-ring (bicyclic) bond motifs is 3. The molecule has 0 radical (unpaired) electrons. The summed E-state index contributed by atoms with van der Waals surface area (Å²) in [5.74, 6) is 1.44. The van der Waals surface area contributed by atoms with Gasteiger partial charge >= 0.3 is 0 Å². The van der Waals surface area contributed by atoms with E-state index in [1.807, 2.05) is 24.3 Å². The quantitative estimate of drug-likeness (QED) is 0.0785. The average molecular weight is 603 g/mol. The van der Waals surface area contributed by atoms with Crippen LogP contribution in [-0.2, 0) is 24.5 Å². The molecule has 0 saturated heterocycles. The molecule has 0 atom stereocenters. The maximum atomic E-state index is 11.4. The van der Waals surface area contributed by atoms with Crippen molar-refractivity contribution in [3.63, 3.8) is 0 Å². The fourth-order valence-corrected chi connectivity index (χ4v) is 5.82. The Morgan fingerprint density at radius 2 is 0.933 bits per heavy atom. The van der Waals surface area contributed by atoms with Crippen LogP contribution in [0.4, 0.5) is 0 Å². The van der Waals surface area contributed by atoms with Gasteiger partial charge in [0.15, 0.2) is 11.6 Å². The highest BCUT2D eigenvalue weighted by molar-refractivity contribution is 5.89. The predicted molar refractivity (Wildman–Crippen MR) is 176 cm³/mol. The third-order valence-electron chi connectivity index (χ3n) is 7.96. The second kappa shape index (κ2) is 15.3. The summed E-state index contributed by atoms with van der Waals surface area (Å²) in [7, 11) is 0. The third-order valence-corrected chi connectivity index (χ3v) is 7.96. The molecular formula is C39H38O6. The van der Waals surface area contributed by atoms with E-state index in [1.54, 1.807) is 0 Å². The summed E-state index contributed by atoms with van der Waals surface area (Å²) < 4.78 is 22.9. The minimum Gasteiger partial charge on any atom is -0.491 e. The zero-order chi connectivity index (χ0) is 31.5. The predicted octanol–water partition coefficient (Wildman–Crippen LogP) is 7.13. The molecule has 0 N–H and O–H groups in total. The van der Waals surface area contributed by atoms with Crippen molar-refractivity contribution < 1.29 is 28.5 Å². The highest BCUT2D eigenvalue weighted by atomic mass is 16.5. The van der Waals surface area contributed by atoms with E-state index >= 15 is 0 Å². The van der Waals surface area contributed by atoms with Crippen molar-refractivity contribution in [3.05, 3.63) is 145 Å². The number of ketones is 2. The van der Waals surface area contributed by atoms with Gasteiger partial charge in [0, 0.05) is 12.8 Å². The Balaban J connectivity index is 1.36. The molecule has 6 heteroatoms. The number of allylic oxidation sites excluding steroid dienone is 2. The fourth-order valence-electron chi connectivity index (χ4n) is 5.82. The van der Waals surface area contributed by atoms with Crippen molar-refractivity contribution in [1.82, 2.24) is 0 Å². The summed E-state index contributed by atoms with van der Waals surface area (Å²) in [6, 6.07) is 33.7. The van der Waals surface area contributed by atoms with Gasteiger partial charge in [-0.15, -0.1) is 0 Å². The fraction of sp³-hybridized carbons (Fsp3) is 0.231. The maximum absolute atomic E-state index is 11.4. The van der Waals surface area contributed by atoms with Crippen molar-refractivity contribution in [2.45, 2.75) is 18.3 Å². The summed E-state index contributed by atoms with van der Waals surface area (Å²) >= 11 is 0. The second-order valence-corrected chi connectivity index (χ2v) is 10.7. The molecule has 45 heavy (non-hydrogen) atoms. The van der Waals surface area contributed by atoms with E-state index in [1.165, 1.54) is 34.4 Å². The van der Waals surface area contributed by atoms with E-state index in [0.29, 0.717) is 52.5 Å². The highest BCUT2D eigenvalue weighted by Gasteiger charge is 2.45. The van der Waals surface area contributed by atoms with Crippen LogP contribution in [0.25, 0.3) is 11.1 Å². The number of hydrogen-bond acceptors (Lipinski definition) is 6. The SMILES string of the molecule is C=CC(=O)CCOCCOc1ccc(C2(c3ccc(OCCOCCC(=O)C=C)cc3)c3ccccc3-c3ccccc32)cc1. The summed E-state index contributed by atoms with van der Waals surface area (Å²) in [5.41, 5.74) is 6.59. The van der Waals surface area contributed by atoms with Crippen LogP contribution >= 0.6 is 0 Å². The topological polar surface area (TPSA) is 71.1 Å². The third kappa shape index (κ3) is 7.14. The molecule has 230 valence electrons. The number of carbonyl (C=O) groups excluding carboxylic acids is 2. The average Bonchev–Trinajstić information content (AvgIpc) is 3.39. The number of carbonyl (C=O) groups is 2. The molecule has 0 unspecified atom stereocenters. The lowest BCUT2D eigenvalue weighted by molar-refractivity contribution is -0.116. The first kappa shape index (κ1) is 31.6. The zero-order valence-electron chi connectivity index (χ0n) is 25.4. The molecule has 0 heterocycles. The molecule has 0 spiro atoms. The van der Waals surface area contributed by atoms with Crippen LogP contribution in [0.15, 0.2) is 122 Å². The monoisotopic (exact) mass is 602 g/mol. The van der Waals surface area contributed by atoms with Crippen molar-refractivity contribution in [3.8, 4) is 22.6 Å². The van der Waals surface area contributed by atoms with Crippen LogP contribution in [0.2, 0.25) is 0 Å². The smallest absolute Gasteiger partial charge is 0.157 e. The zero-order valence-corrected chi connectivity index (χ0v) is 25.4. The van der Waals surface area contributed by atoms with Crippen LogP contribution in [-0.4, -0.2) is 51.2 Å². The summed E-state index contributed by atoms with van der Waals surface area (Å²) in [4.78, 5) is 22.7. The number of benzene rings is 4. The molecular weight excluding hydrogens is 564 g/mol. The molecule has 1 aliphatic carbocycles. The summed E-state index contributed by atoms with van der Waals surface area (Å²) in [6.45, 7) is 9.23. The van der Waals surface area contributed by atoms with Crippen LogP contribution in [0.1, 0.15) is 35.1 Å². The van der Waals surface area contributed by atoms with Gasteiger partial charge in [-0.05, 0) is 69.8 Å². The van der Waals surface area contributed by atoms with Crippen molar-refractivity contribution in [1.29, 1.82) is 0 Å². The number of ether oxygens (including phenoxy) is 4. The molecule has 0 bridgehead atoms. The van der Waals surface area contributed by atoms with E-state index in [4.69, 9.17) is 18.9 Å². The Kier molecular flexibility index (Phi) is 10.7. The van der Waals surface area contributed by atoms with Crippen molar-refractivity contribution in [2.24, 2.45) is 0 Å². The van der Waals surface area contributed by atoms with E-state index in [-0.39, 0.29) is 11.6 Å². The lowest BCUT2D eigenvalue weighted by atomic mass is 9.68. The Morgan fingerprint density at radius 3 is 1.33 bits per heavy atom. The molecule has 0 amide bonds. The number of rotatable bonds is 18. The maximum Gasteiger partial charge on any atom is 0.157 e. The summed E-state index contributed by atoms with van der Waals surface area (Å²) in [6.07, 6.45) is 3.27. The van der Waals surface area contributed by atoms with E-state index in [2.05, 4.69) is 86.0 Å². The largest absolute Gasteiger partial charge is 0.491 e. The van der Waals surface area contributed by atoms with E-state index in [0.717, 1.165) is 22.6 Å². The molecule has 0 saturated carbocycles. The number of hydrogen-bond donors (Lipinski definition) is 0. The molecule has 5 rings (SSSR count). The first-order valence-corrected chi connectivity index (χ1v) is 15.2. The Labute approximate surface area is 264 Å². The molecule has 0 fully saturated rings. The molecule has 0 aromatic heterocycles. The molecule has 4 aromatic carbocycles. The van der Waals surface area contributed by atoms with E-state index in [9.17, 15) is 9.59 Å². The van der Waals surface area contributed by atoms with Gasteiger partial charge in [-0.1, -0.05) is 86.0 Å². The van der Waals surface area contributed by atoms with Crippen LogP contribution in [0.3, 0.4) is 0 Å². The Bertz CT molecular complexity index is 1500. The Morgan fingerprint density at radius 1 is 0.533 bits per heavy atom. The van der Waals surface area contributed by atoms with Crippen molar-refractivity contribution >= 4 is 11.6 Å². The van der Waals surface area contributed by atoms with Crippen LogP contribution < -0.4 is 9.47 Å². The van der Waals surface area contributed by atoms with Gasteiger partial charge in [0.1, 0.15) is 24.7 Å². The first-order valence-electron chi connectivity index (χ1n) is 15.2. The molecule has 4 aromatic rings. The van der Waals surface area contributed by atoms with Gasteiger partial charge in [0.25, 0.3) is 0 Å². The standard InChI is InChI=1S/C39H38O6/c1-3-31(40)21-23-42-25-27-44-33-17-13-29(14-18-33)39(37-11-7-5-9-35(37)36-10-6-8-12-38(36)39)30-15-19-34(20-16-30)45-28-26-43-24-22-32(41)4-2/h3-20H,1-2,21-28H2. The molecule has 0 aliphatic heterocycles. The van der Waals surface area contributed by atoms with Gasteiger partial charge in [-0.2, -0.15) is 0 Å². The highest BCUT2D eigenvalue weighted by Crippen LogP contribution is 2.56. The molecule has 6 nitrogen and oxygen atoms in total. The van der Waals surface area contributed by atoms with Gasteiger partial charge in [-0.3, -0.25) is 9.59 Å². The van der Waals surface area contributed by atoms with Gasteiger partial charge in [0.05, 0.1) is 31.8 Å². The van der Waals surface area contributed by atoms with Crippen LogP contribution in [0, 0.1) is 0 Å². The van der Waals surface area contributed by atoms with Gasteiger partial charge in [-0.25, -0.2) is 0 Å². The first-order chi connectivity index (χ1) is 22.1. The van der Waals surface area contributed by atoms with E-state index < -0.39 is 5.41 Å². The lowest BCUT2D eigenvalue weighted by Gasteiger charge is -2.34. The Hall–Kier alpha value is -4.78. The minimum absolute atomic E-state index is 0.0302. The lowest BCUT2D eigenvalue weighted by Crippen LogP contribution is -2.28. The summed E-state index contributed by atoms with van der Waals surface area (Å²) in [5, 5.41) is 0.